The molecule has 0 bridgehead atoms. The number of aromatic carboxylic acids is 1. The van der Waals surface area contributed by atoms with E-state index >= 15 is 0 Å². The van der Waals surface area contributed by atoms with Crippen LogP contribution in [0.1, 0.15) is 28.3 Å². The summed E-state index contributed by atoms with van der Waals surface area (Å²) in [7, 11) is -4.11. The number of ether oxygens (including phenoxy) is 1. The summed E-state index contributed by atoms with van der Waals surface area (Å²) in [5.41, 5.74) is -1.67. The molecule has 0 amide bonds. The Labute approximate surface area is 121 Å². The lowest BCUT2D eigenvalue weighted by molar-refractivity contribution is 0.0314. The molecule has 2 rings (SSSR count). The number of hydrogen-bond donors (Lipinski definition) is 3. The maximum Gasteiger partial charge on any atom is 0.340 e. The standard InChI is InChI=1S/C12H17NO7S/c1-7-9(11(14)15)10(8(2)20-7)21(17,18)13-5-12(16)3-4-19-6-12/h13,16H,3-6H2,1-2H3,(H,14,15). The van der Waals surface area contributed by atoms with Crippen LogP contribution in [0.25, 0.3) is 0 Å². The molecular formula is C12H17NO7S. The first-order chi connectivity index (χ1) is 9.66. The molecule has 1 atom stereocenters. The summed E-state index contributed by atoms with van der Waals surface area (Å²) in [5, 5.41) is 19.2. The van der Waals surface area contributed by atoms with Crippen LogP contribution in [0.4, 0.5) is 0 Å². The highest BCUT2D eigenvalue weighted by Crippen LogP contribution is 2.27. The van der Waals surface area contributed by atoms with Crippen LogP contribution in [0, 0.1) is 13.8 Å². The van der Waals surface area contributed by atoms with E-state index in [4.69, 9.17) is 14.3 Å². The second-order valence-electron chi connectivity index (χ2n) is 5.08. The first kappa shape index (κ1) is 16.0. The molecule has 3 N–H and O–H groups in total. The lowest BCUT2D eigenvalue weighted by atomic mass is 10.1. The lowest BCUT2D eigenvalue weighted by Crippen LogP contribution is -2.43. The number of carboxylic acids is 1. The van der Waals surface area contributed by atoms with Gasteiger partial charge in [0.25, 0.3) is 0 Å². The van der Waals surface area contributed by atoms with Gasteiger partial charge in [0.15, 0.2) is 0 Å². The first-order valence-corrected chi connectivity index (χ1v) is 7.78. The van der Waals surface area contributed by atoms with Gasteiger partial charge >= 0.3 is 5.97 Å². The molecule has 1 unspecified atom stereocenters. The molecule has 0 aliphatic carbocycles. The van der Waals surface area contributed by atoms with Crippen LogP contribution in [-0.2, 0) is 14.8 Å². The fraction of sp³-hybridized carbons (Fsp3) is 0.583. The van der Waals surface area contributed by atoms with E-state index in [0.717, 1.165) is 0 Å². The van der Waals surface area contributed by atoms with E-state index < -0.39 is 32.1 Å². The normalized spacial score (nSPS) is 22.6. The summed E-state index contributed by atoms with van der Waals surface area (Å²) in [6.07, 6.45) is 0.310. The van der Waals surface area contributed by atoms with Gasteiger partial charge in [0, 0.05) is 19.6 Å². The Morgan fingerprint density at radius 3 is 2.57 bits per heavy atom. The zero-order chi connectivity index (χ0) is 15.8. The summed E-state index contributed by atoms with van der Waals surface area (Å²) < 4.78 is 37.0. The maximum atomic E-state index is 12.3. The number of carboxylic acid groups (broad SMARTS) is 1. The molecule has 1 aromatic rings. The molecule has 9 heteroatoms. The van der Waals surface area contributed by atoms with E-state index in [1.54, 1.807) is 0 Å². The van der Waals surface area contributed by atoms with E-state index in [1.165, 1.54) is 13.8 Å². The third-order valence-electron chi connectivity index (χ3n) is 3.36. The number of furan rings is 1. The number of carbonyl (C=O) groups is 1. The number of hydrogen-bond acceptors (Lipinski definition) is 6. The van der Waals surface area contributed by atoms with Gasteiger partial charge in [-0.1, -0.05) is 0 Å². The van der Waals surface area contributed by atoms with E-state index in [-0.39, 0.29) is 24.7 Å². The monoisotopic (exact) mass is 319 g/mol. The van der Waals surface area contributed by atoms with Crippen LogP contribution in [0.3, 0.4) is 0 Å². The van der Waals surface area contributed by atoms with Crippen molar-refractivity contribution in [1.82, 2.24) is 4.72 Å². The van der Waals surface area contributed by atoms with Crippen LogP contribution in [0.5, 0.6) is 0 Å². The highest BCUT2D eigenvalue weighted by Gasteiger charge is 2.36. The molecule has 1 aromatic heterocycles. The Kier molecular flexibility index (Phi) is 4.11. The second-order valence-corrected chi connectivity index (χ2v) is 6.78. The average molecular weight is 319 g/mol. The Bertz CT molecular complexity index is 655. The van der Waals surface area contributed by atoms with Crippen LogP contribution in [-0.4, -0.2) is 50.0 Å². The molecule has 1 saturated heterocycles. The third kappa shape index (κ3) is 3.10. The average Bonchev–Trinajstić information content (AvgIpc) is 2.92. The number of sulfonamides is 1. The van der Waals surface area contributed by atoms with Gasteiger partial charge in [-0.25, -0.2) is 17.9 Å². The van der Waals surface area contributed by atoms with Gasteiger partial charge in [-0.3, -0.25) is 0 Å². The van der Waals surface area contributed by atoms with E-state index in [1.807, 2.05) is 0 Å². The smallest absolute Gasteiger partial charge is 0.340 e. The molecular weight excluding hydrogens is 302 g/mol. The number of aliphatic hydroxyl groups is 1. The minimum atomic E-state index is -4.11. The van der Waals surface area contributed by atoms with Gasteiger partial charge in [0.05, 0.1) is 6.61 Å². The summed E-state index contributed by atoms with van der Waals surface area (Å²) in [6, 6.07) is 0. The predicted molar refractivity (Wildman–Crippen MR) is 70.7 cm³/mol. The minimum Gasteiger partial charge on any atom is -0.478 e. The highest BCUT2D eigenvalue weighted by molar-refractivity contribution is 7.89. The van der Waals surface area contributed by atoms with Crippen molar-refractivity contribution in [3.05, 3.63) is 17.1 Å². The minimum absolute atomic E-state index is 0.00735. The van der Waals surface area contributed by atoms with E-state index in [0.29, 0.717) is 13.0 Å². The number of nitrogens with one attached hydrogen (secondary N) is 1. The molecule has 1 aliphatic rings. The second kappa shape index (κ2) is 5.41. The van der Waals surface area contributed by atoms with Gasteiger partial charge in [-0.05, 0) is 13.8 Å². The van der Waals surface area contributed by atoms with Gasteiger partial charge in [0.1, 0.15) is 27.6 Å². The van der Waals surface area contributed by atoms with Gasteiger partial charge in [-0.2, -0.15) is 0 Å². The third-order valence-corrected chi connectivity index (χ3v) is 4.91. The van der Waals surface area contributed by atoms with Crippen molar-refractivity contribution in [2.24, 2.45) is 0 Å². The fourth-order valence-electron chi connectivity index (χ4n) is 2.27. The van der Waals surface area contributed by atoms with Crippen LogP contribution in [0.15, 0.2) is 9.31 Å². The van der Waals surface area contributed by atoms with Crippen molar-refractivity contribution in [2.75, 3.05) is 19.8 Å². The summed E-state index contributed by atoms with van der Waals surface area (Å²) in [4.78, 5) is 10.8. The molecule has 118 valence electrons. The largest absolute Gasteiger partial charge is 0.478 e. The van der Waals surface area contributed by atoms with Crippen LogP contribution in [0.2, 0.25) is 0 Å². The highest BCUT2D eigenvalue weighted by atomic mass is 32.2. The molecule has 0 aromatic carbocycles. The van der Waals surface area contributed by atoms with E-state index in [9.17, 15) is 18.3 Å². The van der Waals surface area contributed by atoms with Crippen molar-refractivity contribution in [3.8, 4) is 0 Å². The number of aryl methyl sites for hydroxylation is 2. The predicted octanol–water partition coefficient (Wildman–Crippen LogP) is 0.0243. The van der Waals surface area contributed by atoms with Crippen LogP contribution >= 0.6 is 0 Å². The Morgan fingerprint density at radius 1 is 1.38 bits per heavy atom. The Morgan fingerprint density at radius 2 is 2.05 bits per heavy atom. The van der Waals surface area contributed by atoms with Gasteiger partial charge in [-0.15, -0.1) is 0 Å². The molecule has 8 nitrogen and oxygen atoms in total. The molecule has 0 spiro atoms. The Hall–Kier alpha value is -1.42. The van der Waals surface area contributed by atoms with Crippen molar-refractivity contribution >= 4 is 16.0 Å². The molecule has 1 aliphatic heterocycles. The van der Waals surface area contributed by atoms with Crippen molar-refractivity contribution in [2.45, 2.75) is 30.8 Å². The van der Waals surface area contributed by atoms with E-state index in [2.05, 4.69) is 4.72 Å². The number of rotatable bonds is 5. The van der Waals surface area contributed by atoms with Crippen LogP contribution < -0.4 is 4.72 Å². The Balaban J connectivity index is 2.30. The molecule has 2 heterocycles. The summed E-state index contributed by atoms with van der Waals surface area (Å²) in [6.45, 7) is 2.89. The molecule has 0 saturated carbocycles. The van der Waals surface area contributed by atoms with Crippen molar-refractivity contribution < 1.29 is 32.6 Å². The summed E-state index contributed by atoms with van der Waals surface area (Å²) >= 11 is 0. The van der Waals surface area contributed by atoms with Gasteiger partial charge in [0.2, 0.25) is 10.0 Å². The topological polar surface area (TPSA) is 126 Å². The molecule has 21 heavy (non-hydrogen) atoms. The quantitative estimate of drug-likeness (QED) is 0.698. The first-order valence-electron chi connectivity index (χ1n) is 6.29. The zero-order valence-electron chi connectivity index (χ0n) is 11.7. The van der Waals surface area contributed by atoms with Crippen molar-refractivity contribution in [1.29, 1.82) is 0 Å². The lowest BCUT2D eigenvalue weighted by Gasteiger charge is -2.20. The SMILES string of the molecule is Cc1oc(C)c(S(=O)(=O)NCC2(O)CCOC2)c1C(=O)O. The van der Waals surface area contributed by atoms with Gasteiger partial charge < -0.3 is 19.4 Å². The van der Waals surface area contributed by atoms with Crippen molar-refractivity contribution in [3.63, 3.8) is 0 Å². The zero-order valence-corrected chi connectivity index (χ0v) is 12.5. The summed E-state index contributed by atoms with van der Waals surface area (Å²) in [5.74, 6) is -1.37. The fourth-order valence-corrected chi connectivity index (χ4v) is 3.79. The molecule has 1 fully saturated rings. The maximum absolute atomic E-state index is 12.3. The molecule has 0 radical (unpaired) electrons.